The highest BCUT2D eigenvalue weighted by Crippen LogP contribution is 2.26. The van der Waals surface area contributed by atoms with Gasteiger partial charge in [0, 0.05) is 12.0 Å². The summed E-state index contributed by atoms with van der Waals surface area (Å²) in [5, 5.41) is 18.1. The first kappa shape index (κ1) is 26.8. The van der Waals surface area contributed by atoms with Crippen molar-refractivity contribution in [2.45, 2.75) is 64.5 Å². The zero-order valence-corrected chi connectivity index (χ0v) is 21.8. The summed E-state index contributed by atoms with van der Waals surface area (Å²) in [6.07, 6.45) is 5.13. The lowest BCUT2D eigenvalue weighted by molar-refractivity contribution is -0.172. The standard InChI is InChI=1S/C29H32N4O5/c1-4-20(2)37-28(36)29(27(34)35,33-30-17-18-31-33)19-23-15-13-22(14-16-23)9-8-12-25-21(3)38-26(32-25)24-10-6-5-7-11-24/h5-7,10-11,13-18,20H,4,8-9,12,19H2,1-3H3,(H,34,35). The Balaban J connectivity index is 1.44. The van der Waals surface area contributed by atoms with Gasteiger partial charge in [-0.3, -0.25) is 0 Å². The lowest BCUT2D eigenvalue weighted by Crippen LogP contribution is -2.53. The van der Waals surface area contributed by atoms with Crippen LogP contribution in [-0.2, 0) is 39.1 Å². The van der Waals surface area contributed by atoms with Crippen molar-refractivity contribution < 1.29 is 23.8 Å². The Bertz CT molecular complexity index is 1350. The number of carboxylic acids is 1. The molecule has 0 aliphatic rings. The number of hydrogen-bond acceptors (Lipinski definition) is 7. The van der Waals surface area contributed by atoms with E-state index in [4.69, 9.17) is 9.15 Å². The molecule has 9 heteroatoms. The van der Waals surface area contributed by atoms with Gasteiger partial charge in [0.1, 0.15) is 5.76 Å². The van der Waals surface area contributed by atoms with Gasteiger partial charge in [-0.05, 0) is 62.8 Å². The second-order valence-electron chi connectivity index (χ2n) is 9.34. The van der Waals surface area contributed by atoms with E-state index in [1.54, 1.807) is 6.92 Å². The normalized spacial score (nSPS) is 13.6. The molecule has 2 unspecified atom stereocenters. The summed E-state index contributed by atoms with van der Waals surface area (Å²) in [5.41, 5.74) is 1.55. The molecular formula is C29H32N4O5. The first-order valence-corrected chi connectivity index (χ1v) is 12.7. The van der Waals surface area contributed by atoms with Crippen LogP contribution >= 0.6 is 0 Å². The summed E-state index contributed by atoms with van der Waals surface area (Å²) in [6.45, 7) is 5.51. The van der Waals surface area contributed by atoms with E-state index >= 15 is 0 Å². The van der Waals surface area contributed by atoms with Crippen LogP contribution in [0.1, 0.15) is 49.3 Å². The van der Waals surface area contributed by atoms with Crippen molar-refractivity contribution in [3.05, 3.63) is 89.6 Å². The lowest BCUT2D eigenvalue weighted by Gasteiger charge is -2.28. The molecule has 9 nitrogen and oxygen atoms in total. The number of aromatic nitrogens is 4. The minimum Gasteiger partial charge on any atom is -0.479 e. The molecule has 2 aromatic heterocycles. The van der Waals surface area contributed by atoms with Gasteiger partial charge in [0.15, 0.2) is 0 Å². The maximum atomic E-state index is 13.1. The molecule has 0 fully saturated rings. The number of carbonyl (C=O) groups excluding carboxylic acids is 1. The number of oxazole rings is 1. The quantitative estimate of drug-likeness (QED) is 0.211. The average molecular weight is 517 g/mol. The van der Waals surface area contributed by atoms with Gasteiger partial charge in [-0.25, -0.2) is 14.6 Å². The number of nitrogens with zero attached hydrogens (tertiary/aromatic N) is 4. The van der Waals surface area contributed by atoms with Crippen LogP contribution in [0.15, 0.2) is 71.4 Å². The molecule has 2 atom stereocenters. The van der Waals surface area contributed by atoms with E-state index < -0.39 is 23.6 Å². The van der Waals surface area contributed by atoms with Crippen LogP contribution in [0.2, 0.25) is 0 Å². The Morgan fingerprint density at radius 2 is 1.68 bits per heavy atom. The van der Waals surface area contributed by atoms with Crippen molar-refractivity contribution in [3.8, 4) is 11.5 Å². The molecule has 4 rings (SSSR count). The Morgan fingerprint density at radius 1 is 1.03 bits per heavy atom. The average Bonchev–Trinajstić information content (AvgIpc) is 3.59. The summed E-state index contributed by atoms with van der Waals surface area (Å²) < 4.78 is 11.3. The van der Waals surface area contributed by atoms with E-state index in [1.165, 1.54) is 12.4 Å². The van der Waals surface area contributed by atoms with Crippen molar-refractivity contribution >= 4 is 11.9 Å². The highest BCUT2D eigenvalue weighted by Gasteiger charge is 2.52. The van der Waals surface area contributed by atoms with Crippen LogP contribution in [-0.4, -0.2) is 43.1 Å². The molecule has 198 valence electrons. The topological polar surface area (TPSA) is 120 Å². The number of carbonyl (C=O) groups is 2. The third kappa shape index (κ3) is 5.82. The molecule has 0 bridgehead atoms. The molecule has 0 saturated heterocycles. The zero-order valence-electron chi connectivity index (χ0n) is 21.8. The molecule has 0 amide bonds. The van der Waals surface area contributed by atoms with Gasteiger partial charge in [-0.2, -0.15) is 15.0 Å². The van der Waals surface area contributed by atoms with E-state index in [2.05, 4.69) is 15.2 Å². The molecule has 0 radical (unpaired) electrons. The van der Waals surface area contributed by atoms with Gasteiger partial charge < -0.3 is 14.3 Å². The van der Waals surface area contributed by atoms with Gasteiger partial charge in [0.2, 0.25) is 5.89 Å². The monoisotopic (exact) mass is 516 g/mol. The molecule has 2 aromatic carbocycles. The lowest BCUT2D eigenvalue weighted by atomic mass is 9.90. The Kier molecular flexibility index (Phi) is 8.35. The smallest absolute Gasteiger partial charge is 0.348 e. The number of rotatable bonds is 12. The third-order valence-corrected chi connectivity index (χ3v) is 6.61. The van der Waals surface area contributed by atoms with E-state index in [1.807, 2.05) is 68.4 Å². The number of aliphatic carboxylic acids is 1. The van der Waals surface area contributed by atoms with E-state index in [0.29, 0.717) is 17.9 Å². The first-order valence-electron chi connectivity index (χ1n) is 12.7. The predicted octanol–water partition coefficient (Wildman–Crippen LogP) is 4.78. The minimum atomic E-state index is -2.10. The van der Waals surface area contributed by atoms with Crippen LogP contribution in [0.3, 0.4) is 0 Å². The van der Waals surface area contributed by atoms with Gasteiger partial charge in [-0.15, -0.1) is 0 Å². The first-order chi connectivity index (χ1) is 18.3. The van der Waals surface area contributed by atoms with Crippen molar-refractivity contribution in [2.24, 2.45) is 0 Å². The maximum absolute atomic E-state index is 13.1. The summed E-state index contributed by atoms with van der Waals surface area (Å²) >= 11 is 0. The van der Waals surface area contributed by atoms with E-state index in [0.717, 1.165) is 46.6 Å². The number of ether oxygens (including phenoxy) is 1. The molecule has 4 aromatic rings. The maximum Gasteiger partial charge on any atom is 0.348 e. The van der Waals surface area contributed by atoms with Gasteiger partial charge in [0.25, 0.3) is 5.54 Å². The van der Waals surface area contributed by atoms with E-state index in [-0.39, 0.29) is 6.42 Å². The largest absolute Gasteiger partial charge is 0.479 e. The summed E-state index contributed by atoms with van der Waals surface area (Å²) in [6, 6.07) is 17.4. The summed E-state index contributed by atoms with van der Waals surface area (Å²) in [4.78, 5) is 31.2. The zero-order chi connectivity index (χ0) is 27.1. The van der Waals surface area contributed by atoms with Crippen LogP contribution in [0.4, 0.5) is 0 Å². The third-order valence-electron chi connectivity index (χ3n) is 6.61. The molecule has 1 N–H and O–H groups in total. The van der Waals surface area contributed by atoms with E-state index in [9.17, 15) is 14.7 Å². The molecule has 2 heterocycles. The summed E-state index contributed by atoms with van der Waals surface area (Å²) in [5.74, 6) is -0.815. The molecule has 0 spiro atoms. The van der Waals surface area contributed by atoms with Crippen molar-refractivity contribution in [2.75, 3.05) is 0 Å². The highest BCUT2D eigenvalue weighted by molar-refractivity contribution is 6.01. The SMILES string of the molecule is CCC(C)OC(=O)C(Cc1ccc(CCCc2nc(-c3ccccc3)oc2C)cc1)(C(=O)O)n1nccn1. The highest BCUT2D eigenvalue weighted by atomic mass is 16.5. The number of carboxylic acid groups (broad SMARTS) is 1. The minimum absolute atomic E-state index is 0.146. The Hall–Kier alpha value is -4.27. The molecule has 0 saturated carbocycles. The number of hydrogen-bond donors (Lipinski definition) is 1. The molecule has 0 aliphatic heterocycles. The van der Waals surface area contributed by atoms with Gasteiger partial charge in [0.05, 0.1) is 24.2 Å². The number of esters is 1. The Morgan fingerprint density at radius 3 is 2.32 bits per heavy atom. The van der Waals surface area contributed by atoms with Crippen LogP contribution in [0.5, 0.6) is 0 Å². The van der Waals surface area contributed by atoms with Crippen molar-refractivity contribution in [1.29, 1.82) is 0 Å². The van der Waals surface area contributed by atoms with Crippen LogP contribution in [0, 0.1) is 6.92 Å². The van der Waals surface area contributed by atoms with Crippen molar-refractivity contribution in [1.82, 2.24) is 20.0 Å². The second-order valence-corrected chi connectivity index (χ2v) is 9.34. The molecule has 38 heavy (non-hydrogen) atoms. The number of aryl methyl sites for hydroxylation is 3. The molecule has 0 aliphatic carbocycles. The number of benzene rings is 2. The van der Waals surface area contributed by atoms with Gasteiger partial charge >= 0.3 is 11.9 Å². The fraction of sp³-hybridized carbons (Fsp3) is 0.345. The van der Waals surface area contributed by atoms with Crippen LogP contribution in [0.25, 0.3) is 11.5 Å². The Labute approximate surface area is 221 Å². The second kappa shape index (κ2) is 11.9. The predicted molar refractivity (Wildman–Crippen MR) is 140 cm³/mol. The van der Waals surface area contributed by atoms with Crippen LogP contribution < -0.4 is 0 Å². The van der Waals surface area contributed by atoms with Crippen molar-refractivity contribution in [3.63, 3.8) is 0 Å². The summed E-state index contributed by atoms with van der Waals surface area (Å²) in [7, 11) is 0. The molecular weight excluding hydrogens is 484 g/mol. The van der Waals surface area contributed by atoms with Gasteiger partial charge in [-0.1, -0.05) is 49.4 Å². The fourth-order valence-corrected chi connectivity index (χ4v) is 4.19. The fourth-order valence-electron chi connectivity index (χ4n) is 4.19.